The van der Waals surface area contributed by atoms with Crippen molar-refractivity contribution >= 4 is 0 Å². The Labute approximate surface area is 116 Å². The first-order valence-electron chi connectivity index (χ1n) is 5.30. The quantitative estimate of drug-likeness (QED) is 0.423. The van der Waals surface area contributed by atoms with Crippen molar-refractivity contribution < 1.29 is 39.5 Å². The molecule has 1 heterocycles. The van der Waals surface area contributed by atoms with Crippen molar-refractivity contribution in [3.63, 3.8) is 0 Å². The number of nitrogens with zero attached hydrogens (tertiary/aromatic N) is 1. The van der Waals surface area contributed by atoms with Gasteiger partial charge in [-0.3, -0.25) is 4.98 Å². The topological polar surface area (TPSA) is 12.9 Å². The summed E-state index contributed by atoms with van der Waals surface area (Å²) in [7, 11) is 0. The lowest BCUT2D eigenvalue weighted by Gasteiger charge is -2.12. The van der Waals surface area contributed by atoms with Gasteiger partial charge in [0, 0.05) is 6.20 Å². The van der Waals surface area contributed by atoms with Crippen molar-refractivity contribution in [3.05, 3.63) is 52.7 Å². The van der Waals surface area contributed by atoms with Gasteiger partial charge in [-0.1, -0.05) is 0 Å². The third kappa shape index (κ3) is 2.38. The van der Waals surface area contributed by atoms with Gasteiger partial charge >= 0.3 is 6.18 Å². The molecule has 1 nitrogen and oxygen atoms in total. The Bertz CT molecular complexity index is 722. The molecule has 0 aliphatic carbocycles. The third-order valence-corrected chi connectivity index (χ3v) is 2.64. The lowest BCUT2D eigenvalue weighted by molar-refractivity contribution is -0.140. The lowest BCUT2D eigenvalue weighted by Crippen LogP contribution is -2.12. The zero-order chi connectivity index (χ0) is 16.8. The van der Waals surface area contributed by atoms with Gasteiger partial charge in [-0.2, -0.15) is 13.2 Å². The van der Waals surface area contributed by atoms with Crippen molar-refractivity contribution in [3.8, 4) is 11.3 Å². The summed E-state index contributed by atoms with van der Waals surface area (Å²) in [4.78, 5) is 2.95. The first-order chi connectivity index (χ1) is 10.1. The van der Waals surface area contributed by atoms with Crippen molar-refractivity contribution in [2.45, 2.75) is 6.18 Å². The molecular weight excluding hydrogens is 329 g/mol. The van der Waals surface area contributed by atoms with E-state index in [2.05, 4.69) is 4.98 Å². The summed E-state index contributed by atoms with van der Waals surface area (Å²) in [5.41, 5.74) is -5.47. The van der Waals surface area contributed by atoms with Gasteiger partial charge in [-0.15, -0.1) is 0 Å². The van der Waals surface area contributed by atoms with Crippen molar-refractivity contribution in [1.82, 2.24) is 4.98 Å². The molecule has 22 heavy (non-hydrogen) atoms. The maximum absolute atomic E-state index is 13.7. The largest absolute Gasteiger partial charge is 0.419 e. The average molecular weight is 331 g/mol. The number of aromatic nitrogens is 1. The molecule has 0 saturated carbocycles. The molecule has 0 unspecified atom stereocenters. The molecule has 2 rings (SSSR count). The minimum Gasteiger partial charge on any atom is -0.253 e. The molecule has 1 aromatic carbocycles. The molecular formula is C12H2F9N. The van der Waals surface area contributed by atoms with Crippen LogP contribution in [-0.2, 0) is 6.18 Å². The molecule has 0 N–H and O–H groups in total. The Morgan fingerprint density at radius 2 is 1.14 bits per heavy atom. The zero-order valence-electron chi connectivity index (χ0n) is 10.0. The normalized spacial score (nSPS) is 11.9. The van der Waals surface area contributed by atoms with Crippen LogP contribution in [0.25, 0.3) is 11.3 Å². The molecule has 0 aliphatic heterocycles. The van der Waals surface area contributed by atoms with Gasteiger partial charge in [0.05, 0.1) is 11.1 Å². The van der Waals surface area contributed by atoms with E-state index < -0.39 is 57.9 Å². The van der Waals surface area contributed by atoms with Crippen LogP contribution >= 0.6 is 0 Å². The number of pyridine rings is 1. The van der Waals surface area contributed by atoms with Gasteiger partial charge in [0.15, 0.2) is 29.1 Å². The van der Waals surface area contributed by atoms with E-state index in [1.807, 2.05) is 0 Å². The van der Waals surface area contributed by atoms with Crippen molar-refractivity contribution in [2.24, 2.45) is 0 Å². The zero-order valence-corrected chi connectivity index (χ0v) is 10.0. The molecule has 0 amide bonds. The fraction of sp³-hybridized carbons (Fsp3) is 0.0833. The number of hydrogen-bond acceptors (Lipinski definition) is 1. The maximum atomic E-state index is 13.7. The van der Waals surface area contributed by atoms with Gasteiger partial charge in [0.25, 0.3) is 0 Å². The first-order valence-corrected chi connectivity index (χ1v) is 5.30. The van der Waals surface area contributed by atoms with E-state index in [0.717, 1.165) is 0 Å². The van der Waals surface area contributed by atoms with Crippen molar-refractivity contribution in [1.29, 1.82) is 0 Å². The fourth-order valence-corrected chi connectivity index (χ4v) is 1.65. The molecule has 0 bridgehead atoms. The second-order valence-electron chi connectivity index (χ2n) is 3.96. The number of rotatable bonds is 1. The molecule has 0 atom stereocenters. The highest BCUT2D eigenvalue weighted by molar-refractivity contribution is 5.63. The Kier molecular flexibility index (Phi) is 3.80. The Balaban J connectivity index is 2.85. The van der Waals surface area contributed by atoms with Crippen LogP contribution in [0.5, 0.6) is 0 Å². The second-order valence-corrected chi connectivity index (χ2v) is 3.96. The minimum atomic E-state index is -5.24. The first kappa shape index (κ1) is 16.1. The standard InChI is InChI=1S/C12H2F9N/c13-5-3(12(19,20)21)1-2-22-11(5)4-6(14)8(16)10(18)9(17)7(4)15/h1-2H. The van der Waals surface area contributed by atoms with E-state index in [0.29, 0.717) is 6.20 Å². The van der Waals surface area contributed by atoms with Crippen LogP contribution in [-0.4, -0.2) is 4.98 Å². The molecule has 0 saturated heterocycles. The summed E-state index contributed by atoms with van der Waals surface area (Å²) >= 11 is 0. The summed E-state index contributed by atoms with van der Waals surface area (Å²) in [6, 6.07) is 0.158. The molecule has 0 spiro atoms. The number of halogens is 9. The summed E-state index contributed by atoms with van der Waals surface area (Å²) in [6.45, 7) is 0. The number of hydrogen-bond donors (Lipinski definition) is 0. The van der Waals surface area contributed by atoms with Gasteiger partial charge in [-0.05, 0) is 6.07 Å². The fourth-order valence-electron chi connectivity index (χ4n) is 1.65. The van der Waals surface area contributed by atoms with E-state index >= 15 is 0 Å². The van der Waals surface area contributed by atoms with Gasteiger partial charge in [0.1, 0.15) is 5.69 Å². The van der Waals surface area contributed by atoms with E-state index in [1.54, 1.807) is 0 Å². The van der Waals surface area contributed by atoms with Crippen LogP contribution in [0.2, 0.25) is 0 Å². The van der Waals surface area contributed by atoms with E-state index in [1.165, 1.54) is 0 Å². The molecule has 118 valence electrons. The summed E-state index contributed by atoms with van der Waals surface area (Å²) in [5, 5.41) is 0. The van der Waals surface area contributed by atoms with Gasteiger partial charge < -0.3 is 0 Å². The predicted molar refractivity (Wildman–Crippen MR) is 54.4 cm³/mol. The van der Waals surface area contributed by atoms with Crippen LogP contribution in [0.1, 0.15) is 5.56 Å². The summed E-state index contributed by atoms with van der Waals surface area (Å²) in [5.74, 6) is -14.6. The highest BCUT2D eigenvalue weighted by atomic mass is 19.4. The Morgan fingerprint density at radius 3 is 1.59 bits per heavy atom. The molecule has 0 aliphatic rings. The SMILES string of the molecule is Fc1c(C(F)(F)F)ccnc1-c1c(F)c(F)c(F)c(F)c1F. The van der Waals surface area contributed by atoms with Crippen LogP contribution in [0, 0.1) is 34.9 Å². The molecule has 2 aromatic rings. The van der Waals surface area contributed by atoms with Gasteiger partial charge in [-0.25, -0.2) is 26.3 Å². The minimum absolute atomic E-state index is 0.158. The predicted octanol–water partition coefficient (Wildman–Crippen LogP) is 4.60. The smallest absolute Gasteiger partial charge is 0.253 e. The maximum Gasteiger partial charge on any atom is 0.419 e. The number of benzene rings is 1. The molecule has 10 heteroatoms. The van der Waals surface area contributed by atoms with E-state index in [4.69, 9.17) is 0 Å². The summed E-state index contributed by atoms with van der Waals surface area (Å²) < 4.78 is 117. The third-order valence-electron chi connectivity index (χ3n) is 2.64. The van der Waals surface area contributed by atoms with Crippen LogP contribution in [0.4, 0.5) is 39.5 Å². The Hall–Kier alpha value is -2.26. The molecule has 0 radical (unpaired) electrons. The highest BCUT2D eigenvalue weighted by Crippen LogP contribution is 2.37. The average Bonchev–Trinajstić information content (AvgIpc) is 2.43. The van der Waals surface area contributed by atoms with Crippen LogP contribution in [0.15, 0.2) is 12.3 Å². The summed E-state index contributed by atoms with van der Waals surface area (Å²) in [6.07, 6.45) is -4.91. The van der Waals surface area contributed by atoms with Crippen molar-refractivity contribution in [2.75, 3.05) is 0 Å². The highest BCUT2D eigenvalue weighted by Gasteiger charge is 2.37. The van der Waals surface area contributed by atoms with E-state index in [9.17, 15) is 39.5 Å². The molecule has 1 aromatic heterocycles. The van der Waals surface area contributed by atoms with E-state index in [-0.39, 0.29) is 6.07 Å². The number of alkyl halides is 3. The Morgan fingerprint density at radius 1 is 0.682 bits per heavy atom. The van der Waals surface area contributed by atoms with Crippen LogP contribution < -0.4 is 0 Å². The molecule has 0 fully saturated rings. The van der Waals surface area contributed by atoms with Crippen LogP contribution in [0.3, 0.4) is 0 Å². The monoisotopic (exact) mass is 331 g/mol. The lowest BCUT2D eigenvalue weighted by atomic mass is 10.1. The second kappa shape index (κ2) is 5.18. The van der Waals surface area contributed by atoms with Gasteiger partial charge in [0.2, 0.25) is 5.82 Å².